The van der Waals surface area contributed by atoms with Crippen molar-refractivity contribution in [1.29, 1.82) is 0 Å². The van der Waals surface area contributed by atoms with E-state index in [9.17, 15) is 35.2 Å². The lowest BCUT2D eigenvalue weighted by molar-refractivity contribution is -0.248. The van der Waals surface area contributed by atoms with Crippen molar-refractivity contribution in [3.63, 3.8) is 0 Å². The first kappa shape index (κ1) is 29.7. The summed E-state index contributed by atoms with van der Waals surface area (Å²) >= 11 is 1.88. The Bertz CT molecular complexity index is 1160. The molecule has 3 fully saturated rings. The highest BCUT2D eigenvalue weighted by Gasteiger charge is 2.66. The van der Waals surface area contributed by atoms with Crippen LogP contribution in [0, 0.1) is 33.2 Å². The van der Waals surface area contributed by atoms with Gasteiger partial charge in [-0.3, -0.25) is 4.55 Å². The molecule has 0 heterocycles. The second-order valence-electron chi connectivity index (χ2n) is 10.6. The van der Waals surface area contributed by atoms with Crippen LogP contribution in [-0.2, 0) is 19.6 Å². The Balaban J connectivity index is 1.50. The second kappa shape index (κ2) is 10.6. The number of ether oxygens (including phenoxy) is 3. The van der Waals surface area contributed by atoms with E-state index < -0.39 is 45.5 Å². The average Bonchev–Trinajstić information content (AvgIpc) is 3.50. The first-order chi connectivity index (χ1) is 17.5. The summed E-state index contributed by atoms with van der Waals surface area (Å²) in [6.07, 6.45) is -5.42. The van der Waals surface area contributed by atoms with Gasteiger partial charge in [-0.1, -0.05) is 20.3 Å². The molecule has 3 saturated carbocycles. The number of fused-ring (bicyclic) bond motifs is 5. The van der Waals surface area contributed by atoms with Crippen LogP contribution in [0.1, 0.15) is 56.3 Å². The van der Waals surface area contributed by atoms with Crippen LogP contribution in [0.2, 0.25) is 0 Å². The normalized spacial score (nSPS) is 28.8. The molecule has 4 rings (SSSR count). The number of halogens is 6. The molecule has 7 atom stereocenters. The van der Waals surface area contributed by atoms with Crippen molar-refractivity contribution in [3.05, 3.63) is 27.3 Å². The van der Waals surface area contributed by atoms with Gasteiger partial charge in [0.15, 0.2) is 0 Å². The molecule has 14 heteroatoms. The fraction of sp³-hybridized carbons (Fsp3) is 0.708. The van der Waals surface area contributed by atoms with Crippen LogP contribution >= 0.6 is 22.6 Å². The predicted octanol–water partition coefficient (Wildman–Crippen LogP) is 6.06. The van der Waals surface area contributed by atoms with Crippen LogP contribution in [0.15, 0.2) is 18.2 Å². The van der Waals surface area contributed by atoms with Gasteiger partial charge in [0.1, 0.15) is 5.75 Å². The molecule has 7 nitrogen and oxygen atoms in total. The van der Waals surface area contributed by atoms with Gasteiger partial charge < -0.3 is 14.2 Å². The van der Waals surface area contributed by atoms with Crippen molar-refractivity contribution in [1.82, 2.24) is 0 Å². The number of hydrogen-bond donors (Lipinski definition) is 1. The third-order valence-corrected chi connectivity index (χ3v) is 9.60. The van der Waals surface area contributed by atoms with Crippen molar-refractivity contribution in [3.8, 4) is 5.75 Å². The fourth-order valence-corrected chi connectivity index (χ4v) is 7.05. The largest absolute Gasteiger partial charge is 0.464 e. The Hall–Kier alpha value is -1.26. The Morgan fingerprint density at radius 3 is 2.34 bits per heavy atom. The molecule has 7 unspecified atom stereocenters. The fourth-order valence-electron chi connectivity index (χ4n) is 6.14. The van der Waals surface area contributed by atoms with E-state index in [2.05, 4.69) is 4.74 Å². The summed E-state index contributed by atoms with van der Waals surface area (Å²) in [6.45, 7) is 3.74. The van der Waals surface area contributed by atoms with E-state index in [1.54, 1.807) is 0 Å². The summed E-state index contributed by atoms with van der Waals surface area (Å²) in [6, 6.07) is 3.36. The zero-order valence-corrected chi connectivity index (χ0v) is 23.4. The van der Waals surface area contributed by atoms with Gasteiger partial charge in [-0.15, -0.1) is 0 Å². The Morgan fingerprint density at radius 2 is 1.74 bits per heavy atom. The van der Waals surface area contributed by atoms with Crippen LogP contribution < -0.4 is 4.74 Å². The number of rotatable bonds is 9. The van der Waals surface area contributed by atoms with E-state index in [1.165, 1.54) is 25.3 Å². The molecule has 0 aromatic heterocycles. The van der Waals surface area contributed by atoms with Gasteiger partial charge in [0.05, 0.1) is 15.2 Å². The number of esters is 1. The molecule has 0 saturated heterocycles. The van der Waals surface area contributed by atoms with Crippen LogP contribution in [0.4, 0.5) is 22.0 Å². The van der Waals surface area contributed by atoms with Gasteiger partial charge in [0.25, 0.3) is 6.10 Å². The molecule has 1 N–H and O–H groups in total. The highest BCUT2D eigenvalue weighted by Crippen LogP contribution is 2.59. The van der Waals surface area contributed by atoms with E-state index >= 15 is 0 Å². The summed E-state index contributed by atoms with van der Waals surface area (Å²) in [5, 5.41) is -5.82. The van der Waals surface area contributed by atoms with Gasteiger partial charge in [-0.25, -0.2) is 4.79 Å². The smallest absolute Gasteiger partial charge is 0.432 e. The van der Waals surface area contributed by atoms with Gasteiger partial charge in [0.2, 0.25) is 6.29 Å². The van der Waals surface area contributed by atoms with Crippen molar-refractivity contribution in [2.24, 2.45) is 29.6 Å². The summed E-state index contributed by atoms with van der Waals surface area (Å²) in [5.41, 5.74) is -0.586. The van der Waals surface area contributed by atoms with Crippen molar-refractivity contribution >= 4 is 38.7 Å². The molecule has 38 heavy (non-hydrogen) atoms. The third-order valence-electron chi connectivity index (χ3n) is 7.80. The van der Waals surface area contributed by atoms with Crippen LogP contribution in [0.3, 0.4) is 0 Å². The number of benzene rings is 1. The van der Waals surface area contributed by atoms with Crippen molar-refractivity contribution in [2.45, 2.75) is 75.9 Å². The molecular formula is C24H28F5IO7S. The molecule has 2 bridgehead atoms. The second-order valence-corrected chi connectivity index (χ2v) is 13.2. The molecule has 214 valence electrons. The van der Waals surface area contributed by atoms with Gasteiger partial charge >= 0.3 is 27.5 Å². The lowest BCUT2D eigenvalue weighted by atomic mass is 9.80. The number of hydrogen-bond acceptors (Lipinski definition) is 6. The molecule has 0 spiro atoms. The SMILES string of the molecule is CC(C)C(Oc1cc(C(=O)OC(C(F)(F)F)C(F)(F)S(=O)(=O)O)ccc1I)OC1CC2CC1C1CCCC21. The number of carbonyl (C=O) groups is 1. The average molecular weight is 682 g/mol. The lowest BCUT2D eigenvalue weighted by Crippen LogP contribution is -2.52. The van der Waals surface area contributed by atoms with Crippen molar-refractivity contribution < 1.29 is 53.9 Å². The highest BCUT2D eigenvalue weighted by molar-refractivity contribution is 14.1. The quantitative estimate of drug-likeness (QED) is 0.111. The topological polar surface area (TPSA) is 99.1 Å². The minimum absolute atomic E-state index is 0.00719. The molecule has 1 aromatic carbocycles. The zero-order valence-electron chi connectivity index (χ0n) is 20.5. The maximum absolute atomic E-state index is 13.8. The van der Waals surface area contributed by atoms with Crippen LogP contribution in [0.25, 0.3) is 0 Å². The summed E-state index contributed by atoms with van der Waals surface area (Å²) in [4.78, 5) is 12.4. The third kappa shape index (κ3) is 5.78. The van der Waals surface area contributed by atoms with Gasteiger partial charge in [-0.2, -0.15) is 30.4 Å². The predicted molar refractivity (Wildman–Crippen MR) is 132 cm³/mol. The van der Waals surface area contributed by atoms with Gasteiger partial charge in [0, 0.05) is 5.92 Å². The molecular weight excluding hydrogens is 654 g/mol. The van der Waals surface area contributed by atoms with E-state index in [0.29, 0.717) is 21.3 Å². The Kier molecular flexibility index (Phi) is 8.30. The summed E-state index contributed by atoms with van der Waals surface area (Å²) in [5.74, 6) is 0.531. The van der Waals surface area contributed by atoms with Crippen LogP contribution in [0.5, 0.6) is 5.75 Å². The monoisotopic (exact) mass is 682 g/mol. The number of alkyl halides is 5. The van der Waals surface area contributed by atoms with E-state index in [1.807, 2.05) is 36.4 Å². The minimum Gasteiger partial charge on any atom is -0.464 e. The molecule has 0 aliphatic heterocycles. The van der Waals surface area contributed by atoms with Gasteiger partial charge in [-0.05, 0) is 90.1 Å². The first-order valence-electron chi connectivity index (χ1n) is 12.2. The maximum Gasteiger partial charge on any atom is 0.432 e. The standard InChI is InChI=1S/C24H28F5IO7S/c1-11(2)21(35-18-10-13-8-16(18)15-5-3-4-14(13)15)36-19-9-12(6-7-17(19)30)20(31)37-22(23(25,26)27)24(28,29)38(32,33)34/h6-7,9,11,13-16,18,21-22H,3-5,8,10H2,1-2H3,(H,32,33,34). The summed E-state index contributed by atoms with van der Waals surface area (Å²) in [7, 11) is -6.55. The molecule has 0 radical (unpaired) electrons. The highest BCUT2D eigenvalue weighted by atomic mass is 127. The molecule has 3 aliphatic carbocycles. The lowest BCUT2D eigenvalue weighted by Gasteiger charge is -2.35. The Morgan fingerprint density at radius 1 is 1.08 bits per heavy atom. The van der Waals surface area contributed by atoms with E-state index in [4.69, 9.17) is 14.0 Å². The molecule has 0 amide bonds. The number of carbonyl (C=O) groups excluding carboxylic acids is 1. The van der Waals surface area contributed by atoms with E-state index in [0.717, 1.165) is 30.9 Å². The molecule has 1 aromatic rings. The Labute approximate surface area is 230 Å². The zero-order chi connectivity index (χ0) is 28.2. The molecule has 3 aliphatic rings. The van der Waals surface area contributed by atoms with Crippen LogP contribution in [-0.4, -0.2) is 48.9 Å². The van der Waals surface area contributed by atoms with E-state index in [-0.39, 0.29) is 17.8 Å². The minimum atomic E-state index is -6.55. The first-order valence-corrected chi connectivity index (χ1v) is 14.8. The summed E-state index contributed by atoms with van der Waals surface area (Å²) < 4.78 is 114. The van der Waals surface area contributed by atoms with Crippen molar-refractivity contribution in [2.75, 3.05) is 0 Å². The maximum atomic E-state index is 13.8.